The van der Waals surface area contributed by atoms with Crippen molar-refractivity contribution >= 4 is 16.7 Å². The van der Waals surface area contributed by atoms with Crippen molar-refractivity contribution < 1.29 is 14.3 Å². The average Bonchev–Trinajstić information content (AvgIpc) is 2.98. The van der Waals surface area contributed by atoms with Crippen molar-refractivity contribution in [3.05, 3.63) is 53.6 Å². The van der Waals surface area contributed by atoms with Gasteiger partial charge in [0.1, 0.15) is 5.75 Å². The summed E-state index contributed by atoms with van der Waals surface area (Å²) in [5.74, 6) is 1.19. The first kappa shape index (κ1) is 17.5. The molecule has 0 N–H and O–H groups in total. The van der Waals surface area contributed by atoms with E-state index in [1.54, 1.807) is 13.2 Å². The lowest BCUT2D eigenvalue weighted by Gasteiger charge is -2.14. The SMILES string of the molecule is COc1ccc2c(c1)C(=O)c1c-2c(OCCCN(C)C)nc2ccccc12. The molecule has 0 amide bonds. The zero-order chi connectivity index (χ0) is 19.0. The van der Waals surface area contributed by atoms with Crippen molar-refractivity contribution in [2.75, 3.05) is 34.4 Å². The lowest BCUT2D eigenvalue weighted by Crippen LogP contribution is -2.16. The molecule has 0 atom stereocenters. The van der Waals surface area contributed by atoms with Crippen molar-refractivity contribution in [1.29, 1.82) is 0 Å². The second-order valence-corrected chi connectivity index (χ2v) is 6.93. The lowest BCUT2D eigenvalue weighted by atomic mass is 10.0. The summed E-state index contributed by atoms with van der Waals surface area (Å²) < 4.78 is 11.4. The second-order valence-electron chi connectivity index (χ2n) is 6.93. The first-order valence-electron chi connectivity index (χ1n) is 9.03. The molecule has 3 aromatic rings. The number of nitrogens with zero attached hydrogens (tertiary/aromatic N) is 2. The molecule has 0 aliphatic heterocycles. The maximum absolute atomic E-state index is 13.2. The zero-order valence-electron chi connectivity index (χ0n) is 15.8. The third-order valence-electron chi connectivity index (χ3n) is 4.82. The number of carbonyl (C=O) groups is 1. The monoisotopic (exact) mass is 362 g/mol. The van der Waals surface area contributed by atoms with Crippen LogP contribution in [0.3, 0.4) is 0 Å². The topological polar surface area (TPSA) is 51.7 Å². The number of ketones is 1. The van der Waals surface area contributed by atoms with E-state index < -0.39 is 0 Å². The quantitative estimate of drug-likeness (QED) is 0.489. The Labute approximate surface area is 158 Å². The molecule has 0 bridgehead atoms. The molecule has 0 fully saturated rings. The Morgan fingerprint density at radius 2 is 1.85 bits per heavy atom. The fourth-order valence-corrected chi connectivity index (χ4v) is 3.52. The molecule has 0 saturated carbocycles. The van der Waals surface area contributed by atoms with Gasteiger partial charge in [-0.15, -0.1) is 0 Å². The third-order valence-corrected chi connectivity index (χ3v) is 4.82. The van der Waals surface area contributed by atoms with E-state index in [4.69, 9.17) is 14.5 Å². The number of pyridine rings is 1. The highest BCUT2D eigenvalue weighted by atomic mass is 16.5. The molecule has 1 aromatic heterocycles. The predicted octanol–water partition coefficient (Wildman–Crippen LogP) is 3.79. The van der Waals surface area contributed by atoms with Gasteiger partial charge in [0.25, 0.3) is 0 Å². The van der Waals surface area contributed by atoms with Gasteiger partial charge < -0.3 is 14.4 Å². The number of fused-ring (bicyclic) bond motifs is 5. The van der Waals surface area contributed by atoms with Gasteiger partial charge in [-0.05, 0) is 50.3 Å². The van der Waals surface area contributed by atoms with Crippen molar-refractivity contribution in [3.63, 3.8) is 0 Å². The molecule has 138 valence electrons. The smallest absolute Gasteiger partial charge is 0.222 e. The maximum atomic E-state index is 13.2. The Balaban J connectivity index is 1.83. The molecule has 0 saturated heterocycles. The molecule has 0 unspecified atom stereocenters. The third kappa shape index (κ3) is 3.04. The van der Waals surface area contributed by atoms with E-state index in [-0.39, 0.29) is 5.78 Å². The first-order chi connectivity index (χ1) is 13.1. The standard InChI is InChI=1S/C22H22N2O3/c1-24(2)11-6-12-27-22-20-15-10-9-14(26-3)13-17(15)21(25)19(20)16-7-4-5-8-18(16)23-22/h4-5,7-10,13H,6,11-12H2,1-3H3. The number of carbonyl (C=O) groups excluding carboxylic acids is 1. The molecule has 4 rings (SSSR count). The van der Waals surface area contributed by atoms with Gasteiger partial charge in [0.2, 0.25) is 5.88 Å². The number of para-hydroxylation sites is 1. The first-order valence-corrected chi connectivity index (χ1v) is 9.03. The van der Waals surface area contributed by atoms with Crippen LogP contribution in [0.1, 0.15) is 22.3 Å². The van der Waals surface area contributed by atoms with Gasteiger partial charge in [0.05, 0.1) is 24.8 Å². The van der Waals surface area contributed by atoms with E-state index in [1.165, 1.54) is 0 Å². The fourth-order valence-electron chi connectivity index (χ4n) is 3.52. The van der Waals surface area contributed by atoms with Crippen LogP contribution in [0, 0.1) is 0 Å². The highest BCUT2D eigenvalue weighted by Crippen LogP contribution is 2.45. The van der Waals surface area contributed by atoms with Crippen LogP contribution < -0.4 is 9.47 Å². The second kappa shape index (κ2) is 7.00. The van der Waals surface area contributed by atoms with Crippen LogP contribution in [0.2, 0.25) is 0 Å². The van der Waals surface area contributed by atoms with Gasteiger partial charge in [0.15, 0.2) is 5.78 Å². The minimum absolute atomic E-state index is 0.00404. The van der Waals surface area contributed by atoms with Gasteiger partial charge >= 0.3 is 0 Å². The summed E-state index contributed by atoms with van der Waals surface area (Å²) in [5.41, 5.74) is 3.73. The van der Waals surface area contributed by atoms with E-state index in [1.807, 2.05) is 50.5 Å². The highest BCUT2D eigenvalue weighted by Gasteiger charge is 2.33. The van der Waals surface area contributed by atoms with E-state index in [2.05, 4.69) is 4.90 Å². The highest BCUT2D eigenvalue weighted by molar-refractivity contribution is 6.28. The summed E-state index contributed by atoms with van der Waals surface area (Å²) in [6.07, 6.45) is 0.889. The Morgan fingerprint density at radius 3 is 2.63 bits per heavy atom. The van der Waals surface area contributed by atoms with Crippen LogP contribution in [-0.4, -0.2) is 50.0 Å². The van der Waals surface area contributed by atoms with Crippen LogP contribution >= 0.6 is 0 Å². The van der Waals surface area contributed by atoms with Crippen LogP contribution in [0.15, 0.2) is 42.5 Å². The van der Waals surface area contributed by atoms with Gasteiger partial charge in [-0.1, -0.05) is 18.2 Å². The Kier molecular flexibility index (Phi) is 4.54. The normalized spacial score (nSPS) is 12.4. The molecule has 0 radical (unpaired) electrons. The molecule has 5 heteroatoms. The lowest BCUT2D eigenvalue weighted by molar-refractivity contribution is 0.104. The van der Waals surface area contributed by atoms with Crippen LogP contribution in [-0.2, 0) is 0 Å². The number of benzene rings is 2. The molecule has 5 nitrogen and oxygen atoms in total. The molecule has 1 aliphatic carbocycles. The predicted molar refractivity (Wildman–Crippen MR) is 106 cm³/mol. The zero-order valence-corrected chi connectivity index (χ0v) is 15.8. The molecular weight excluding hydrogens is 340 g/mol. The van der Waals surface area contributed by atoms with Crippen LogP contribution in [0.25, 0.3) is 22.0 Å². The van der Waals surface area contributed by atoms with Crippen molar-refractivity contribution in [1.82, 2.24) is 9.88 Å². The largest absolute Gasteiger partial charge is 0.497 e. The molecule has 27 heavy (non-hydrogen) atoms. The number of hydrogen-bond donors (Lipinski definition) is 0. The summed E-state index contributed by atoms with van der Waals surface area (Å²) >= 11 is 0. The minimum atomic E-state index is -0.00404. The van der Waals surface area contributed by atoms with E-state index in [0.29, 0.717) is 29.4 Å². The summed E-state index contributed by atoms with van der Waals surface area (Å²) in [7, 11) is 5.67. The van der Waals surface area contributed by atoms with Crippen molar-refractivity contribution in [2.24, 2.45) is 0 Å². The van der Waals surface area contributed by atoms with Gasteiger partial charge in [0, 0.05) is 23.1 Å². The van der Waals surface area contributed by atoms with E-state index in [9.17, 15) is 4.79 Å². The van der Waals surface area contributed by atoms with Gasteiger partial charge in [-0.3, -0.25) is 4.79 Å². The molecular formula is C22H22N2O3. The summed E-state index contributed by atoms with van der Waals surface area (Å²) in [6, 6.07) is 13.3. The fraction of sp³-hybridized carbons (Fsp3) is 0.273. The Morgan fingerprint density at radius 1 is 1.04 bits per heavy atom. The minimum Gasteiger partial charge on any atom is -0.497 e. The molecule has 1 aliphatic rings. The Hall–Kier alpha value is -2.92. The van der Waals surface area contributed by atoms with Crippen LogP contribution in [0.4, 0.5) is 0 Å². The van der Waals surface area contributed by atoms with E-state index in [0.717, 1.165) is 35.0 Å². The Bertz CT molecular complexity index is 1030. The maximum Gasteiger partial charge on any atom is 0.222 e. The summed E-state index contributed by atoms with van der Waals surface area (Å²) in [6.45, 7) is 1.48. The van der Waals surface area contributed by atoms with Gasteiger partial charge in [-0.25, -0.2) is 4.98 Å². The molecule has 1 heterocycles. The van der Waals surface area contributed by atoms with Gasteiger partial charge in [-0.2, -0.15) is 0 Å². The number of ether oxygens (including phenoxy) is 2. The van der Waals surface area contributed by atoms with Crippen molar-refractivity contribution in [2.45, 2.75) is 6.42 Å². The van der Waals surface area contributed by atoms with E-state index >= 15 is 0 Å². The number of hydrogen-bond acceptors (Lipinski definition) is 5. The average molecular weight is 362 g/mol. The molecule has 0 spiro atoms. The molecule has 2 aromatic carbocycles. The number of methoxy groups -OCH3 is 1. The number of aromatic nitrogens is 1. The van der Waals surface area contributed by atoms with Crippen LogP contribution in [0.5, 0.6) is 11.6 Å². The summed E-state index contributed by atoms with van der Waals surface area (Å²) in [4.78, 5) is 20.0. The number of rotatable bonds is 6. The van der Waals surface area contributed by atoms with Crippen molar-refractivity contribution in [3.8, 4) is 22.8 Å². The summed E-state index contributed by atoms with van der Waals surface area (Å²) in [5, 5.41) is 0.855.